The quantitative estimate of drug-likeness (QED) is 0.420. The highest BCUT2D eigenvalue weighted by atomic mass is 79.9. The van der Waals surface area contributed by atoms with Gasteiger partial charge in [-0.15, -0.1) is 0 Å². The Bertz CT molecular complexity index is 1020. The number of aryl methyl sites for hydroxylation is 2. The van der Waals surface area contributed by atoms with Gasteiger partial charge in [0.1, 0.15) is 5.75 Å². The zero-order valence-corrected chi connectivity index (χ0v) is 18.6. The number of hydrogen-bond acceptors (Lipinski definition) is 3. The first-order chi connectivity index (χ1) is 13.9. The van der Waals surface area contributed by atoms with Crippen molar-refractivity contribution in [2.45, 2.75) is 20.4 Å². The summed E-state index contributed by atoms with van der Waals surface area (Å²) in [7, 11) is 0. The predicted octanol–water partition coefficient (Wildman–Crippen LogP) is 6.35. The number of benzene rings is 3. The molecule has 4 nitrogen and oxygen atoms in total. The van der Waals surface area contributed by atoms with Crippen LogP contribution in [0.25, 0.3) is 0 Å². The van der Waals surface area contributed by atoms with Gasteiger partial charge in [-0.3, -0.25) is 4.79 Å². The molecule has 0 aromatic heterocycles. The number of anilines is 2. The molecule has 0 aliphatic heterocycles. The third-order valence-corrected chi connectivity index (χ3v) is 5.32. The third-order valence-electron chi connectivity index (χ3n) is 4.47. The van der Waals surface area contributed by atoms with Crippen LogP contribution in [-0.4, -0.2) is 12.5 Å². The Morgan fingerprint density at radius 2 is 1.83 bits per heavy atom. The predicted molar refractivity (Wildman–Crippen MR) is 123 cm³/mol. The molecule has 0 fully saturated rings. The van der Waals surface area contributed by atoms with Crippen LogP contribution in [0.2, 0.25) is 5.02 Å². The van der Waals surface area contributed by atoms with Gasteiger partial charge in [0.15, 0.2) is 6.61 Å². The van der Waals surface area contributed by atoms with Crippen LogP contribution in [0.3, 0.4) is 0 Å². The molecule has 1 amide bonds. The summed E-state index contributed by atoms with van der Waals surface area (Å²) in [5.41, 5.74) is 5.12. The van der Waals surface area contributed by atoms with Crippen LogP contribution in [0.1, 0.15) is 16.7 Å². The smallest absolute Gasteiger partial charge is 0.262 e. The van der Waals surface area contributed by atoms with Crippen molar-refractivity contribution >= 4 is 44.8 Å². The number of hydrogen-bond donors (Lipinski definition) is 2. The number of carbonyl (C=O) groups excluding carboxylic acids is 1. The first-order valence-corrected chi connectivity index (χ1v) is 10.4. The van der Waals surface area contributed by atoms with Crippen molar-refractivity contribution in [3.05, 3.63) is 86.8 Å². The van der Waals surface area contributed by atoms with Gasteiger partial charge in [0.25, 0.3) is 5.91 Å². The molecule has 0 heterocycles. The van der Waals surface area contributed by atoms with E-state index in [0.29, 0.717) is 17.3 Å². The average molecular weight is 474 g/mol. The summed E-state index contributed by atoms with van der Waals surface area (Å²) >= 11 is 9.52. The standard InChI is InChI=1S/C23H22BrClN2O2/c1-15-6-8-20(10-16(15)2)27-23(28)14-29-22-9-7-17(11-21(22)24)13-26-19-5-3-4-18(25)12-19/h3-12,26H,13-14H2,1-2H3,(H,27,28). The highest BCUT2D eigenvalue weighted by molar-refractivity contribution is 9.10. The normalized spacial score (nSPS) is 10.5. The van der Waals surface area contributed by atoms with E-state index in [4.69, 9.17) is 16.3 Å². The number of carbonyl (C=O) groups is 1. The van der Waals surface area contributed by atoms with Gasteiger partial charge in [0.05, 0.1) is 4.47 Å². The minimum atomic E-state index is -0.202. The van der Waals surface area contributed by atoms with E-state index in [-0.39, 0.29) is 12.5 Å². The highest BCUT2D eigenvalue weighted by Gasteiger charge is 2.08. The van der Waals surface area contributed by atoms with Gasteiger partial charge in [-0.2, -0.15) is 0 Å². The van der Waals surface area contributed by atoms with Gasteiger partial charge in [-0.1, -0.05) is 29.8 Å². The summed E-state index contributed by atoms with van der Waals surface area (Å²) in [5.74, 6) is 0.415. The molecule has 0 aliphatic carbocycles. The minimum absolute atomic E-state index is 0.0639. The molecule has 150 valence electrons. The van der Waals surface area contributed by atoms with Crippen LogP contribution >= 0.6 is 27.5 Å². The number of rotatable bonds is 7. The van der Waals surface area contributed by atoms with Gasteiger partial charge in [0, 0.05) is 22.9 Å². The van der Waals surface area contributed by atoms with Crippen LogP contribution < -0.4 is 15.4 Å². The molecule has 0 unspecified atom stereocenters. The second-order valence-electron chi connectivity index (χ2n) is 6.76. The summed E-state index contributed by atoms with van der Waals surface area (Å²) in [6, 6.07) is 19.2. The average Bonchev–Trinajstić information content (AvgIpc) is 2.68. The molecule has 3 aromatic rings. The summed E-state index contributed by atoms with van der Waals surface area (Å²) in [4.78, 5) is 12.2. The van der Waals surface area contributed by atoms with Gasteiger partial charge in [0.2, 0.25) is 0 Å². The second-order valence-corrected chi connectivity index (χ2v) is 8.06. The Morgan fingerprint density at radius 1 is 1.00 bits per heavy atom. The van der Waals surface area contributed by atoms with E-state index >= 15 is 0 Å². The Labute approximate surface area is 184 Å². The Balaban J connectivity index is 1.53. The number of amides is 1. The van der Waals surface area contributed by atoms with Crippen LogP contribution in [-0.2, 0) is 11.3 Å². The fourth-order valence-electron chi connectivity index (χ4n) is 2.73. The lowest BCUT2D eigenvalue weighted by molar-refractivity contribution is -0.118. The fraction of sp³-hybridized carbons (Fsp3) is 0.174. The van der Waals surface area contributed by atoms with Gasteiger partial charge >= 0.3 is 0 Å². The molecule has 0 spiro atoms. The van der Waals surface area contributed by atoms with Crippen LogP contribution in [0.5, 0.6) is 5.75 Å². The topological polar surface area (TPSA) is 50.4 Å². The van der Waals surface area contributed by atoms with E-state index in [1.807, 2.05) is 74.5 Å². The lowest BCUT2D eigenvalue weighted by Gasteiger charge is -2.12. The fourth-order valence-corrected chi connectivity index (χ4v) is 3.46. The van der Waals surface area contributed by atoms with Crippen molar-refractivity contribution in [3.63, 3.8) is 0 Å². The molecule has 3 rings (SSSR count). The molecule has 0 saturated heterocycles. The van der Waals surface area contributed by atoms with Crippen molar-refractivity contribution in [2.75, 3.05) is 17.2 Å². The molecule has 0 radical (unpaired) electrons. The molecule has 3 aromatic carbocycles. The zero-order valence-electron chi connectivity index (χ0n) is 16.3. The maximum absolute atomic E-state index is 12.2. The molecular formula is C23H22BrClN2O2. The largest absolute Gasteiger partial charge is 0.483 e. The van der Waals surface area contributed by atoms with Crippen molar-refractivity contribution in [1.82, 2.24) is 0 Å². The highest BCUT2D eigenvalue weighted by Crippen LogP contribution is 2.27. The van der Waals surface area contributed by atoms with Crippen molar-refractivity contribution < 1.29 is 9.53 Å². The summed E-state index contributed by atoms with van der Waals surface area (Å²) in [6.45, 7) is 4.63. The van der Waals surface area contributed by atoms with E-state index in [0.717, 1.165) is 27.0 Å². The summed E-state index contributed by atoms with van der Waals surface area (Å²) in [5, 5.41) is 6.87. The molecule has 29 heavy (non-hydrogen) atoms. The first kappa shape index (κ1) is 21.2. The number of ether oxygens (including phenoxy) is 1. The first-order valence-electron chi connectivity index (χ1n) is 9.18. The van der Waals surface area contributed by atoms with Crippen molar-refractivity contribution in [1.29, 1.82) is 0 Å². The van der Waals surface area contributed by atoms with E-state index in [1.54, 1.807) is 0 Å². The lowest BCUT2D eigenvalue weighted by atomic mass is 10.1. The van der Waals surface area contributed by atoms with Crippen molar-refractivity contribution in [2.24, 2.45) is 0 Å². The number of nitrogens with one attached hydrogen (secondary N) is 2. The molecule has 6 heteroatoms. The van der Waals surface area contributed by atoms with E-state index in [9.17, 15) is 4.79 Å². The van der Waals surface area contributed by atoms with Crippen molar-refractivity contribution in [3.8, 4) is 5.75 Å². The van der Waals surface area contributed by atoms with Crippen LogP contribution in [0, 0.1) is 13.8 Å². The third kappa shape index (κ3) is 6.24. The number of halogens is 2. The summed E-state index contributed by atoms with van der Waals surface area (Å²) in [6.07, 6.45) is 0. The maximum atomic E-state index is 12.2. The Hall–Kier alpha value is -2.50. The minimum Gasteiger partial charge on any atom is -0.483 e. The van der Waals surface area contributed by atoms with E-state index in [2.05, 4.69) is 26.6 Å². The SMILES string of the molecule is Cc1ccc(NC(=O)COc2ccc(CNc3cccc(Cl)c3)cc2Br)cc1C. The zero-order chi connectivity index (χ0) is 20.8. The van der Waals surface area contributed by atoms with Crippen LogP contribution in [0.15, 0.2) is 65.1 Å². The second kappa shape index (κ2) is 9.81. The van der Waals surface area contributed by atoms with Gasteiger partial charge in [-0.05, 0) is 88.9 Å². The van der Waals surface area contributed by atoms with E-state index < -0.39 is 0 Å². The Kier molecular flexibility index (Phi) is 7.18. The molecular weight excluding hydrogens is 452 g/mol. The molecule has 0 atom stereocenters. The van der Waals surface area contributed by atoms with E-state index in [1.165, 1.54) is 5.56 Å². The Morgan fingerprint density at radius 3 is 2.55 bits per heavy atom. The van der Waals surface area contributed by atoms with Gasteiger partial charge < -0.3 is 15.4 Å². The summed E-state index contributed by atoms with van der Waals surface area (Å²) < 4.78 is 6.45. The lowest BCUT2D eigenvalue weighted by Crippen LogP contribution is -2.20. The monoisotopic (exact) mass is 472 g/mol. The molecule has 0 aliphatic rings. The van der Waals surface area contributed by atoms with Crippen LogP contribution in [0.4, 0.5) is 11.4 Å². The molecule has 0 saturated carbocycles. The maximum Gasteiger partial charge on any atom is 0.262 e. The molecule has 2 N–H and O–H groups in total. The molecule has 0 bridgehead atoms. The van der Waals surface area contributed by atoms with Gasteiger partial charge in [-0.25, -0.2) is 0 Å².